The zero-order valence-electron chi connectivity index (χ0n) is 14.3. The molecule has 2 amide bonds. The number of anilines is 2. The molecule has 8 nitrogen and oxygen atoms in total. The van der Waals surface area contributed by atoms with Gasteiger partial charge in [-0.05, 0) is 30.3 Å². The fourth-order valence-electron chi connectivity index (χ4n) is 2.88. The van der Waals surface area contributed by atoms with E-state index < -0.39 is 11.7 Å². The summed E-state index contributed by atoms with van der Waals surface area (Å²) in [5.41, 5.74) is 0.674. The number of carbonyl (C=O) groups excluding carboxylic acids is 2. The second kappa shape index (κ2) is 7.28. The van der Waals surface area contributed by atoms with E-state index in [9.17, 15) is 14.0 Å². The third-order valence-corrected chi connectivity index (χ3v) is 4.34. The SMILES string of the molecule is O=C(CN1C(=O)COc2ccc(Cl)cc21)Nc1cccc(F)c1-c1ncn[nH]1. The Morgan fingerprint density at radius 3 is 3.00 bits per heavy atom. The molecule has 3 aromatic rings. The molecule has 1 aliphatic rings. The first-order valence-electron chi connectivity index (χ1n) is 8.20. The summed E-state index contributed by atoms with van der Waals surface area (Å²) in [5.74, 6) is -0.862. The molecule has 0 fully saturated rings. The van der Waals surface area contributed by atoms with Gasteiger partial charge in [0, 0.05) is 5.02 Å². The van der Waals surface area contributed by atoms with Gasteiger partial charge in [0.25, 0.3) is 5.91 Å². The fraction of sp³-hybridized carbons (Fsp3) is 0.111. The van der Waals surface area contributed by atoms with Gasteiger partial charge in [0.1, 0.15) is 24.4 Å². The predicted molar refractivity (Wildman–Crippen MR) is 99.7 cm³/mol. The minimum atomic E-state index is -0.575. The molecule has 10 heteroatoms. The predicted octanol–water partition coefficient (Wildman–Crippen LogP) is 2.63. The lowest BCUT2D eigenvalue weighted by Crippen LogP contribution is -2.43. The summed E-state index contributed by atoms with van der Waals surface area (Å²) < 4.78 is 19.6. The largest absolute Gasteiger partial charge is 0.482 e. The lowest BCUT2D eigenvalue weighted by Gasteiger charge is -2.29. The number of aromatic nitrogens is 3. The first-order valence-corrected chi connectivity index (χ1v) is 8.57. The highest BCUT2D eigenvalue weighted by Gasteiger charge is 2.28. The van der Waals surface area contributed by atoms with Gasteiger partial charge in [0.05, 0.1) is 16.9 Å². The first-order chi connectivity index (χ1) is 13.5. The van der Waals surface area contributed by atoms with Crippen LogP contribution in [0, 0.1) is 5.82 Å². The molecule has 1 aliphatic heterocycles. The normalized spacial score (nSPS) is 13.1. The number of hydrogen-bond donors (Lipinski definition) is 2. The van der Waals surface area contributed by atoms with Crippen molar-refractivity contribution in [2.24, 2.45) is 0 Å². The molecular formula is C18H13ClFN5O3. The smallest absolute Gasteiger partial charge is 0.265 e. The van der Waals surface area contributed by atoms with E-state index >= 15 is 0 Å². The van der Waals surface area contributed by atoms with Crippen molar-refractivity contribution in [2.45, 2.75) is 0 Å². The van der Waals surface area contributed by atoms with Crippen molar-refractivity contribution in [3.05, 3.63) is 53.6 Å². The van der Waals surface area contributed by atoms with Crippen molar-refractivity contribution in [1.82, 2.24) is 15.2 Å². The first kappa shape index (κ1) is 17.9. The molecule has 0 atom stereocenters. The molecule has 2 heterocycles. The van der Waals surface area contributed by atoms with Gasteiger partial charge in [-0.15, -0.1) is 0 Å². The maximum atomic E-state index is 14.3. The van der Waals surface area contributed by atoms with E-state index in [1.165, 1.54) is 29.4 Å². The molecule has 0 bridgehead atoms. The monoisotopic (exact) mass is 401 g/mol. The Balaban J connectivity index is 1.59. The van der Waals surface area contributed by atoms with E-state index in [-0.39, 0.29) is 36.1 Å². The summed E-state index contributed by atoms with van der Waals surface area (Å²) in [5, 5.41) is 9.29. The fourth-order valence-corrected chi connectivity index (χ4v) is 3.04. The number of halogens is 2. The van der Waals surface area contributed by atoms with E-state index in [4.69, 9.17) is 16.3 Å². The lowest BCUT2D eigenvalue weighted by molar-refractivity contribution is -0.123. The minimum Gasteiger partial charge on any atom is -0.482 e. The van der Waals surface area contributed by atoms with Crippen molar-refractivity contribution < 1.29 is 18.7 Å². The minimum absolute atomic E-state index is 0.0742. The van der Waals surface area contributed by atoms with Gasteiger partial charge < -0.3 is 10.1 Å². The highest BCUT2D eigenvalue weighted by molar-refractivity contribution is 6.31. The number of fused-ring (bicyclic) bond motifs is 1. The van der Waals surface area contributed by atoms with Gasteiger partial charge in [0.2, 0.25) is 5.91 Å². The summed E-state index contributed by atoms with van der Waals surface area (Å²) in [7, 11) is 0. The number of H-pyrrole nitrogens is 1. The number of nitrogens with zero attached hydrogens (tertiary/aromatic N) is 3. The molecule has 0 aliphatic carbocycles. The van der Waals surface area contributed by atoms with E-state index in [2.05, 4.69) is 20.5 Å². The number of aromatic amines is 1. The summed E-state index contributed by atoms with van der Waals surface area (Å²) in [6.45, 7) is -0.479. The average molecular weight is 402 g/mol. The topological polar surface area (TPSA) is 100 Å². The molecule has 0 unspecified atom stereocenters. The quantitative estimate of drug-likeness (QED) is 0.700. The van der Waals surface area contributed by atoms with Gasteiger partial charge in [-0.25, -0.2) is 9.37 Å². The molecule has 4 rings (SSSR count). The van der Waals surface area contributed by atoms with E-state index in [0.717, 1.165) is 0 Å². The van der Waals surface area contributed by atoms with Crippen molar-refractivity contribution in [3.8, 4) is 17.1 Å². The van der Waals surface area contributed by atoms with Crippen LogP contribution in [0.3, 0.4) is 0 Å². The van der Waals surface area contributed by atoms with Crippen LogP contribution < -0.4 is 15.0 Å². The molecule has 0 saturated carbocycles. The molecule has 28 heavy (non-hydrogen) atoms. The second-order valence-electron chi connectivity index (χ2n) is 5.93. The number of amides is 2. The number of nitrogens with one attached hydrogen (secondary N) is 2. The molecule has 2 N–H and O–H groups in total. The Morgan fingerprint density at radius 2 is 2.21 bits per heavy atom. The Labute approximate surface area is 163 Å². The maximum absolute atomic E-state index is 14.3. The highest BCUT2D eigenvalue weighted by Crippen LogP contribution is 2.34. The second-order valence-corrected chi connectivity index (χ2v) is 6.36. The maximum Gasteiger partial charge on any atom is 0.265 e. The van der Waals surface area contributed by atoms with Crippen LogP contribution in [-0.2, 0) is 9.59 Å². The number of hydrogen-bond acceptors (Lipinski definition) is 5. The average Bonchev–Trinajstić information content (AvgIpc) is 3.18. The standard InChI is InChI=1S/C18H13ClFN5O3/c19-10-4-5-14-13(6-10)25(16(27)8-28-14)7-15(26)23-12-3-1-2-11(20)17(12)18-21-9-22-24-18/h1-6,9H,7-8H2,(H,23,26)(H,21,22,24). The van der Waals surface area contributed by atoms with Gasteiger partial charge >= 0.3 is 0 Å². The Hall–Kier alpha value is -3.46. The van der Waals surface area contributed by atoms with E-state index in [0.29, 0.717) is 16.5 Å². The van der Waals surface area contributed by atoms with Gasteiger partial charge in [-0.3, -0.25) is 19.6 Å². The molecule has 142 valence electrons. The Morgan fingerprint density at radius 1 is 1.36 bits per heavy atom. The van der Waals surface area contributed by atoms with Gasteiger partial charge in [-0.1, -0.05) is 17.7 Å². The molecular weight excluding hydrogens is 389 g/mol. The van der Waals surface area contributed by atoms with Crippen LogP contribution in [-0.4, -0.2) is 40.1 Å². The van der Waals surface area contributed by atoms with Crippen molar-refractivity contribution in [1.29, 1.82) is 0 Å². The third-order valence-electron chi connectivity index (χ3n) is 4.11. The van der Waals surface area contributed by atoms with E-state index in [1.807, 2.05) is 0 Å². The summed E-state index contributed by atoms with van der Waals surface area (Å²) in [6, 6.07) is 9.04. The molecule has 2 aromatic carbocycles. The summed E-state index contributed by atoms with van der Waals surface area (Å²) in [6.07, 6.45) is 1.24. The van der Waals surface area contributed by atoms with Gasteiger partial charge in [-0.2, -0.15) is 5.10 Å². The number of benzene rings is 2. The zero-order valence-corrected chi connectivity index (χ0v) is 15.0. The highest BCUT2D eigenvalue weighted by atomic mass is 35.5. The van der Waals surface area contributed by atoms with Gasteiger partial charge in [0.15, 0.2) is 12.4 Å². The van der Waals surface area contributed by atoms with Crippen LogP contribution >= 0.6 is 11.6 Å². The van der Waals surface area contributed by atoms with Crippen LogP contribution in [0.4, 0.5) is 15.8 Å². The Bertz CT molecular complexity index is 1060. The van der Waals surface area contributed by atoms with Crippen LogP contribution in [0.15, 0.2) is 42.7 Å². The molecule has 0 saturated heterocycles. The van der Waals surface area contributed by atoms with Crippen molar-refractivity contribution >= 4 is 34.8 Å². The molecule has 1 aromatic heterocycles. The molecule has 0 radical (unpaired) electrons. The van der Waals surface area contributed by atoms with Crippen LogP contribution in [0.5, 0.6) is 5.75 Å². The Kier molecular flexibility index (Phi) is 4.66. The van der Waals surface area contributed by atoms with Crippen molar-refractivity contribution in [2.75, 3.05) is 23.4 Å². The van der Waals surface area contributed by atoms with E-state index in [1.54, 1.807) is 18.2 Å². The summed E-state index contributed by atoms with van der Waals surface area (Å²) >= 11 is 6.00. The van der Waals surface area contributed by atoms with Crippen LogP contribution in [0.25, 0.3) is 11.4 Å². The lowest BCUT2D eigenvalue weighted by atomic mass is 10.1. The summed E-state index contributed by atoms with van der Waals surface area (Å²) in [4.78, 5) is 30.1. The third kappa shape index (κ3) is 3.39. The number of rotatable bonds is 4. The number of carbonyl (C=O) groups is 2. The van der Waals surface area contributed by atoms with Crippen LogP contribution in [0.1, 0.15) is 0 Å². The zero-order chi connectivity index (χ0) is 19.7. The van der Waals surface area contributed by atoms with Crippen molar-refractivity contribution in [3.63, 3.8) is 0 Å². The molecule has 0 spiro atoms. The van der Waals surface area contributed by atoms with Crippen LogP contribution in [0.2, 0.25) is 5.02 Å². The number of ether oxygens (including phenoxy) is 1.